The monoisotopic (exact) mass is 508 g/mol. The SMILES string of the molecule is Cc1cc(C)cc(NC(=O)C(OC(=O)CNC(=O)c2ccc(Oc3ccccc3)cc2)c2ccccc2)c1. The van der Waals surface area contributed by atoms with Gasteiger partial charge in [-0.25, -0.2) is 0 Å². The van der Waals surface area contributed by atoms with Crippen molar-refractivity contribution in [1.29, 1.82) is 0 Å². The van der Waals surface area contributed by atoms with Crippen molar-refractivity contribution >= 4 is 23.5 Å². The first kappa shape index (κ1) is 26.2. The Labute approximate surface area is 221 Å². The summed E-state index contributed by atoms with van der Waals surface area (Å²) in [5.74, 6) is -0.430. The lowest BCUT2D eigenvalue weighted by atomic mass is 10.1. The average Bonchev–Trinajstić information content (AvgIpc) is 2.91. The Bertz CT molecular complexity index is 1380. The molecule has 192 valence electrons. The summed E-state index contributed by atoms with van der Waals surface area (Å²) in [5, 5.41) is 5.37. The van der Waals surface area contributed by atoms with E-state index in [4.69, 9.17) is 9.47 Å². The van der Waals surface area contributed by atoms with Gasteiger partial charge in [0, 0.05) is 16.8 Å². The van der Waals surface area contributed by atoms with E-state index in [1.165, 1.54) is 0 Å². The lowest BCUT2D eigenvalue weighted by Gasteiger charge is -2.19. The van der Waals surface area contributed by atoms with Gasteiger partial charge < -0.3 is 20.1 Å². The topological polar surface area (TPSA) is 93.7 Å². The second-order valence-electron chi connectivity index (χ2n) is 8.77. The van der Waals surface area contributed by atoms with E-state index in [-0.39, 0.29) is 0 Å². The lowest BCUT2D eigenvalue weighted by molar-refractivity contribution is -0.153. The number of amides is 2. The first-order chi connectivity index (χ1) is 18.4. The Kier molecular flexibility index (Phi) is 8.51. The smallest absolute Gasteiger partial charge is 0.326 e. The van der Waals surface area contributed by atoms with Crippen LogP contribution in [0.2, 0.25) is 0 Å². The van der Waals surface area contributed by atoms with E-state index in [1.807, 2.05) is 62.4 Å². The zero-order chi connectivity index (χ0) is 26.9. The van der Waals surface area contributed by atoms with Crippen molar-refractivity contribution in [3.05, 3.63) is 125 Å². The number of rotatable bonds is 9. The number of hydrogen-bond acceptors (Lipinski definition) is 5. The number of esters is 1. The van der Waals surface area contributed by atoms with Gasteiger partial charge in [0.25, 0.3) is 11.8 Å². The van der Waals surface area contributed by atoms with Crippen molar-refractivity contribution in [2.75, 3.05) is 11.9 Å². The molecule has 0 saturated carbocycles. The zero-order valence-electron chi connectivity index (χ0n) is 21.1. The normalized spacial score (nSPS) is 11.2. The van der Waals surface area contributed by atoms with Crippen molar-refractivity contribution in [3.8, 4) is 11.5 Å². The molecule has 0 fully saturated rings. The maximum atomic E-state index is 13.1. The summed E-state index contributed by atoms with van der Waals surface area (Å²) in [6, 6.07) is 30.2. The molecule has 0 bridgehead atoms. The van der Waals surface area contributed by atoms with Crippen molar-refractivity contribution in [2.45, 2.75) is 20.0 Å². The molecule has 1 atom stereocenters. The van der Waals surface area contributed by atoms with Crippen LogP contribution < -0.4 is 15.4 Å². The summed E-state index contributed by atoms with van der Waals surface area (Å²) in [6.45, 7) is 3.47. The van der Waals surface area contributed by atoms with Crippen LogP contribution in [0, 0.1) is 13.8 Å². The van der Waals surface area contributed by atoms with Crippen LogP contribution in [0.4, 0.5) is 5.69 Å². The molecule has 4 rings (SSSR count). The minimum Gasteiger partial charge on any atom is -0.457 e. The number of anilines is 1. The van der Waals surface area contributed by atoms with E-state index >= 15 is 0 Å². The summed E-state index contributed by atoms with van der Waals surface area (Å²) in [6.07, 6.45) is -1.18. The van der Waals surface area contributed by atoms with Gasteiger partial charge in [0.15, 0.2) is 0 Å². The van der Waals surface area contributed by atoms with E-state index in [9.17, 15) is 14.4 Å². The van der Waals surface area contributed by atoms with Crippen LogP contribution in [0.5, 0.6) is 11.5 Å². The van der Waals surface area contributed by atoms with Gasteiger partial charge in [-0.2, -0.15) is 0 Å². The van der Waals surface area contributed by atoms with Gasteiger partial charge in [-0.05, 0) is 73.5 Å². The number of carbonyl (C=O) groups is 3. The molecule has 0 aliphatic heterocycles. The predicted octanol–water partition coefficient (Wildman–Crippen LogP) is 5.75. The summed E-state index contributed by atoms with van der Waals surface area (Å²) >= 11 is 0. The molecule has 0 radical (unpaired) electrons. The molecule has 4 aromatic carbocycles. The lowest BCUT2D eigenvalue weighted by Crippen LogP contribution is -2.33. The number of aryl methyl sites for hydroxylation is 2. The molecule has 0 saturated heterocycles. The third kappa shape index (κ3) is 7.30. The number of benzene rings is 4. The Morgan fingerprint density at radius 1 is 0.737 bits per heavy atom. The highest BCUT2D eigenvalue weighted by atomic mass is 16.5. The largest absolute Gasteiger partial charge is 0.457 e. The summed E-state index contributed by atoms with van der Waals surface area (Å²) in [4.78, 5) is 38.3. The summed E-state index contributed by atoms with van der Waals surface area (Å²) in [7, 11) is 0. The van der Waals surface area contributed by atoms with Gasteiger partial charge in [-0.3, -0.25) is 14.4 Å². The highest BCUT2D eigenvalue weighted by Gasteiger charge is 2.25. The number of para-hydroxylation sites is 1. The minimum atomic E-state index is -1.18. The zero-order valence-corrected chi connectivity index (χ0v) is 21.1. The average molecular weight is 509 g/mol. The third-order valence-corrected chi connectivity index (χ3v) is 5.57. The van der Waals surface area contributed by atoms with Gasteiger partial charge in [0.1, 0.15) is 18.0 Å². The molecule has 0 aliphatic rings. The van der Waals surface area contributed by atoms with Crippen LogP contribution in [0.1, 0.15) is 33.2 Å². The third-order valence-electron chi connectivity index (χ3n) is 5.57. The van der Waals surface area contributed by atoms with Crippen LogP contribution in [0.15, 0.2) is 103 Å². The quantitative estimate of drug-likeness (QED) is 0.281. The van der Waals surface area contributed by atoms with E-state index in [0.717, 1.165) is 11.1 Å². The predicted molar refractivity (Wildman–Crippen MR) is 145 cm³/mol. The fourth-order valence-corrected chi connectivity index (χ4v) is 3.88. The van der Waals surface area contributed by atoms with Gasteiger partial charge in [0.05, 0.1) is 0 Å². The molecule has 38 heavy (non-hydrogen) atoms. The Morgan fingerprint density at radius 2 is 1.32 bits per heavy atom. The second kappa shape index (κ2) is 12.4. The molecule has 0 heterocycles. The van der Waals surface area contributed by atoms with E-state index in [0.29, 0.717) is 28.3 Å². The molecule has 1 unspecified atom stereocenters. The van der Waals surface area contributed by atoms with Gasteiger partial charge >= 0.3 is 5.97 Å². The Morgan fingerprint density at radius 3 is 1.95 bits per heavy atom. The van der Waals surface area contributed by atoms with E-state index < -0.39 is 30.4 Å². The molecule has 2 N–H and O–H groups in total. The standard InChI is InChI=1S/C31H28N2O5/c1-21-17-22(2)19-25(18-21)33-31(36)29(23-9-5-3-6-10-23)38-28(34)20-32-30(35)24-13-15-27(16-14-24)37-26-11-7-4-8-12-26/h3-19,29H,20H2,1-2H3,(H,32,35)(H,33,36). The molecule has 7 heteroatoms. The molecule has 0 spiro atoms. The van der Waals surface area contributed by atoms with E-state index in [1.54, 1.807) is 54.6 Å². The molecular weight excluding hydrogens is 480 g/mol. The van der Waals surface area contributed by atoms with Crippen LogP contribution in [0.3, 0.4) is 0 Å². The minimum absolute atomic E-state index is 0.352. The maximum absolute atomic E-state index is 13.1. The van der Waals surface area contributed by atoms with Gasteiger partial charge in [0.2, 0.25) is 6.10 Å². The molecule has 4 aromatic rings. The van der Waals surface area contributed by atoms with Crippen LogP contribution in [-0.2, 0) is 14.3 Å². The van der Waals surface area contributed by atoms with Crippen molar-refractivity contribution in [1.82, 2.24) is 5.32 Å². The highest BCUT2D eigenvalue weighted by Crippen LogP contribution is 2.23. The van der Waals surface area contributed by atoms with Crippen LogP contribution in [0.25, 0.3) is 0 Å². The second-order valence-corrected chi connectivity index (χ2v) is 8.77. The molecule has 2 amide bonds. The van der Waals surface area contributed by atoms with Crippen molar-refractivity contribution < 1.29 is 23.9 Å². The fourth-order valence-electron chi connectivity index (χ4n) is 3.88. The number of ether oxygens (including phenoxy) is 2. The first-order valence-corrected chi connectivity index (χ1v) is 12.1. The van der Waals surface area contributed by atoms with Crippen LogP contribution >= 0.6 is 0 Å². The number of hydrogen-bond donors (Lipinski definition) is 2. The number of carbonyl (C=O) groups excluding carboxylic acids is 3. The van der Waals surface area contributed by atoms with Crippen molar-refractivity contribution in [3.63, 3.8) is 0 Å². The molecule has 7 nitrogen and oxygen atoms in total. The molecule has 0 aliphatic carbocycles. The maximum Gasteiger partial charge on any atom is 0.326 e. The Hall–Kier alpha value is -4.91. The molecular formula is C31H28N2O5. The van der Waals surface area contributed by atoms with Gasteiger partial charge in [-0.1, -0.05) is 54.6 Å². The molecule has 0 aromatic heterocycles. The van der Waals surface area contributed by atoms with Crippen LogP contribution in [-0.4, -0.2) is 24.3 Å². The highest BCUT2D eigenvalue weighted by molar-refractivity contribution is 5.98. The first-order valence-electron chi connectivity index (χ1n) is 12.1. The van der Waals surface area contributed by atoms with E-state index in [2.05, 4.69) is 10.6 Å². The van der Waals surface area contributed by atoms with Gasteiger partial charge in [-0.15, -0.1) is 0 Å². The summed E-state index contributed by atoms with van der Waals surface area (Å²) in [5.41, 5.74) is 3.47. The fraction of sp³-hybridized carbons (Fsp3) is 0.129. The number of nitrogens with one attached hydrogen (secondary N) is 2. The summed E-state index contributed by atoms with van der Waals surface area (Å²) < 4.78 is 11.2. The van der Waals surface area contributed by atoms with Crippen molar-refractivity contribution in [2.24, 2.45) is 0 Å². The Balaban J connectivity index is 1.36.